The van der Waals surface area contributed by atoms with Gasteiger partial charge in [-0.15, -0.1) is 0 Å². The number of nitrogens with zero attached hydrogens (tertiary/aromatic N) is 1. The van der Waals surface area contributed by atoms with Crippen LogP contribution in [0.3, 0.4) is 0 Å². The van der Waals surface area contributed by atoms with Crippen molar-refractivity contribution in [3.05, 3.63) is 35.9 Å². The maximum absolute atomic E-state index is 14.6. The monoisotopic (exact) mass is 764 g/mol. The number of benzene rings is 1. The van der Waals surface area contributed by atoms with Crippen LogP contribution in [0.5, 0.6) is 0 Å². The summed E-state index contributed by atoms with van der Waals surface area (Å²) in [5, 5.41) is 5.49. The van der Waals surface area contributed by atoms with E-state index in [1.54, 1.807) is 56.0 Å². The Morgan fingerprint density at radius 1 is 0.855 bits per heavy atom. The molecule has 1 unspecified atom stereocenters. The number of rotatable bonds is 17. The summed E-state index contributed by atoms with van der Waals surface area (Å²) < 4.78 is 5.57. The number of carbonyl (C=O) groups excluding carboxylic acids is 7. The summed E-state index contributed by atoms with van der Waals surface area (Å²) in [5.74, 6) is -5.03. The molecule has 0 aromatic heterocycles. The van der Waals surface area contributed by atoms with Gasteiger partial charge in [-0.25, -0.2) is 4.79 Å². The lowest BCUT2D eigenvalue weighted by atomic mass is 9.82. The third-order valence-corrected chi connectivity index (χ3v) is 11.1. The normalized spacial score (nSPS) is 21.5. The molecule has 1 aliphatic heterocycles. The Kier molecular flexibility index (Phi) is 14.8. The van der Waals surface area contributed by atoms with Gasteiger partial charge < -0.3 is 26.0 Å². The number of ketones is 3. The first-order valence-electron chi connectivity index (χ1n) is 20.3. The summed E-state index contributed by atoms with van der Waals surface area (Å²) in [4.78, 5) is 96.3. The Balaban J connectivity index is 1.51. The highest BCUT2D eigenvalue weighted by atomic mass is 16.6. The summed E-state index contributed by atoms with van der Waals surface area (Å²) in [6, 6.07) is 5.76. The van der Waals surface area contributed by atoms with Crippen LogP contribution in [0.25, 0.3) is 0 Å². The molecule has 3 fully saturated rings. The molecule has 55 heavy (non-hydrogen) atoms. The van der Waals surface area contributed by atoms with Gasteiger partial charge in [0, 0.05) is 31.2 Å². The molecule has 4 N–H and O–H groups in total. The van der Waals surface area contributed by atoms with E-state index in [1.807, 2.05) is 0 Å². The molecule has 2 aliphatic carbocycles. The van der Waals surface area contributed by atoms with Gasteiger partial charge in [0.25, 0.3) is 0 Å². The highest BCUT2D eigenvalue weighted by molar-refractivity contribution is 6.38. The van der Waals surface area contributed by atoms with Crippen LogP contribution >= 0.6 is 0 Å². The number of alkyl carbamates (subject to hydrolysis) is 1. The van der Waals surface area contributed by atoms with Crippen LogP contribution in [0, 0.1) is 35.0 Å². The molecule has 1 heterocycles. The first-order valence-corrected chi connectivity index (χ1v) is 20.3. The van der Waals surface area contributed by atoms with E-state index < -0.39 is 65.0 Å². The second-order valence-corrected chi connectivity index (χ2v) is 18.6. The lowest BCUT2D eigenvalue weighted by Crippen LogP contribution is -2.55. The van der Waals surface area contributed by atoms with Crippen molar-refractivity contribution in [2.24, 2.45) is 40.7 Å². The van der Waals surface area contributed by atoms with E-state index in [-0.39, 0.29) is 47.7 Å². The Bertz CT molecular complexity index is 1550. The third-order valence-electron chi connectivity index (χ3n) is 11.1. The van der Waals surface area contributed by atoms with Crippen molar-refractivity contribution in [3.8, 4) is 0 Å². The van der Waals surface area contributed by atoms with Crippen LogP contribution in [0.15, 0.2) is 30.3 Å². The fourth-order valence-corrected chi connectivity index (χ4v) is 8.31. The van der Waals surface area contributed by atoms with Gasteiger partial charge in [0.15, 0.2) is 11.6 Å². The number of nitrogens with one attached hydrogen (secondary N) is 2. The minimum atomic E-state index is -1.10. The summed E-state index contributed by atoms with van der Waals surface area (Å²) in [5.41, 5.74) is 5.24. The fourth-order valence-electron chi connectivity index (χ4n) is 8.31. The predicted molar refractivity (Wildman–Crippen MR) is 208 cm³/mol. The van der Waals surface area contributed by atoms with Crippen molar-refractivity contribution in [2.45, 2.75) is 149 Å². The molecule has 4 rings (SSSR count). The van der Waals surface area contributed by atoms with Crippen LogP contribution in [0.4, 0.5) is 4.79 Å². The molecule has 6 atom stereocenters. The Morgan fingerprint density at radius 3 is 2.05 bits per heavy atom. The topological polar surface area (TPSA) is 182 Å². The van der Waals surface area contributed by atoms with Crippen LogP contribution in [0.1, 0.15) is 137 Å². The van der Waals surface area contributed by atoms with E-state index in [1.165, 1.54) is 6.92 Å². The van der Waals surface area contributed by atoms with Crippen molar-refractivity contribution >= 4 is 41.2 Å². The minimum Gasteiger partial charge on any atom is -0.444 e. The SMILES string of the molecule is C[C@H](CC(=O)C(=O)C(CC(=O)[C@@H]1C[C@@H](CC(C)(C)C)CN1C(=O)[C@@H](NC(=O)OC(C)(C)C)C1CCCCC1)CC1CC1)C(=O)N[C@H](C(N)=O)c1ccccc1. The Labute approximate surface area is 326 Å². The molecule has 1 aromatic carbocycles. The Morgan fingerprint density at radius 2 is 1.49 bits per heavy atom. The molecule has 3 aliphatic rings. The second kappa shape index (κ2) is 18.7. The van der Waals surface area contributed by atoms with Crippen molar-refractivity contribution in [1.29, 1.82) is 0 Å². The van der Waals surface area contributed by atoms with Gasteiger partial charge in [0.05, 0.1) is 6.04 Å². The molecule has 1 aromatic rings. The van der Waals surface area contributed by atoms with Gasteiger partial charge in [-0.05, 0) is 81.6 Å². The van der Waals surface area contributed by atoms with E-state index in [0.717, 1.165) is 51.4 Å². The average Bonchev–Trinajstić information content (AvgIpc) is 3.83. The standard InChI is InChI=1S/C43H64N4O8/c1-26(39(52)45-35(38(44)51)29-14-10-8-11-15-29)20-34(49)37(50)31(21-27-18-19-27)23-33(48)32-22-28(24-42(2,3)4)25-47(32)40(53)36(30-16-12-9-13-17-30)46-41(54)55-43(5,6)7/h8,10-11,14-15,26-28,30-32,35-36H,9,12-13,16-25H2,1-7H3,(H2,44,51)(H,45,52)(H,46,54)/t26-,28+,31?,32+,35+,36+/m1/s1. The Hall–Kier alpha value is -4.09. The first kappa shape index (κ1) is 43.6. The average molecular weight is 765 g/mol. The number of hydrogen-bond acceptors (Lipinski definition) is 8. The summed E-state index contributed by atoms with van der Waals surface area (Å²) in [6.45, 7) is 13.5. The molecule has 4 amide bonds. The number of nitrogens with two attached hydrogens (primary N) is 1. The minimum absolute atomic E-state index is 0.0325. The van der Waals surface area contributed by atoms with Gasteiger partial charge in [-0.2, -0.15) is 0 Å². The zero-order chi connectivity index (χ0) is 40.7. The lowest BCUT2D eigenvalue weighted by molar-refractivity contribution is -0.143. The molecular formula is C43H64N4O8. The third kappa shape index (κ3) is 13.3. The van der Waals surface area contributed by atoms with Crippen molar-refractivity contribution in [2.75, 3.05) is 6.54 Å². The number of likely N-dealkylation sites (tertiary alicyclic amines) is 1. The molecule has 12 nitrogen and oxygen atoms in total. The van der Waals surface area contributed by atoms with E-state index >= 15 is 0 Å². The zero-order valence-electron chi connectivity index (χ0n) is 34.0. The van der Waals surface area contributed by atoms with Crippen LogP contribution in [-0.4, -0.2) is 70.3 Å². The van der Waals surface area contributed by atoms with Gasteiger partial charge in [0.2, 0.25) is 23.5 Å². The lowest BCUT2D eigenvalue weighted by Gasteiger charge is -2.35. The molecule has 0 spiro atoms. The number of amides is 4. The largest absolute Gasteiger partial charge is 0.444 e. The molecule has 12 heteroatoms. The van der Waals surface area contributed by atoms with E-state index in [9.17, 15) is 33.6 Å². The maximum Gasteiger partial charge on any atom is 0.408 e. The molecule has 304 valence electrons. The van der Waals surface area contributed by atoms with Gasteiger partial charge >= 0.3 is 6.09 Å². The van der Waals surface area contributed by atoms with Crippen molar-refractivity contribution in [1.82, 2.24) is 15.5 Å². The number of hydrogen-bond donors (Lipinski definition) is 3. The fraction of sp³-hybridized carbons (Fsp3) is 0.698. The number of Topliss-reactive ketones (excluding diaryl/α,β-unsaturated/α-hetero) is 3. The van der Waals surface area contributed by atoms with Gasteiger partial charge in [-0.1, -0.05) is 90.1 Å². The van der Waals surface area contributed by atoms with E-state index in [0.29, 0.717) is 24.9 Å². The first-order chi connectivity index (χ1) is 25.7. The van der Waals surface area contributed by atoms with E-state index in [2.05, 4.69) is 31.4 Å². The van der Waals surface area contributed by atoms with Gasteiger partial charge in [-0.3, -0.25) is 28.8 Å². The highest BCUT2D eigenvalue weighted by Gasteiger charge is 2.46. The summed E-state index contributed by atoms with van der Waals surface area (Å²) >= 11 is 0. The smallest absolute Gasteiger partial charge is 0.408 e. The molecular weight excluding hydrogens is 700 g/mol. The van der Waals surface area contributed by atoms with Crippen molar-refractivity contribution < 1.29 is 38.3 Å². The van der Waals surface area contributed by atoms with Crippen LogP contribution in [0.2, 0.25) is 0 Å². The number of carbonyl (C=O) groups is 7. The summed E-state index contributed by atoms with van der Waals surface area (Å²) in [6.07, 6.45) is 6.63. The molecule has 2 saturated carbocycles. The second-order valence-electron chi connectivity index (χ2n) is 18.6. The molecule has 0 bridgehead atoms. The van der Waals surface area contributed by atoms with E-state index in [4.69, 9.17) is 10.5 Å². The van der Waals surface area contributed by atoms with Crippen molar-refractivity contribution in [3.63, 3.8) is 0 Å². The molecule has 0 radical (unpaired) electrons. The van der Waals surface area contributed by atoms with Gasteiger partial charge in [0.1, 0.15) is 17.7 Å². The zero-order valence-corrected chi connectivity index (χ0v) is 34.0. The van der Waals surface area contributed by atoms with Crippen LogP contribution < -0.4 is 16.4 Å². The highest BCUT2D eigenvalue weighted by Crippen LogP contribution is 2.39. The number of ether oxygens (including phenoxy) is 1. The maximum atomic E-state index is 14.6. The quantitative estimate of drug-likeness (QED) is 0.162. The van der Waals surface area contributed by atoms with Crippen LogP contribution in [-0.2, 0) is 33.5 Å². The summed E-state index contributed by atoms with van der Waals surface area (Å²) in [7, 11) is 0. The molecule has 1 saturated heterocycles. The predicted octanol–water partition coefficient (Wildman–Crippen LogP) is 6.00. The number of primary amides is 1.